The number of carbonyl (C=O) groups excluding carboxylic acids is 1. The Morgan fingerprint density at radius 3 is 2.74 bits per heavy atom. The summed E-state index contributed by atoms with van der Waals surface area (Å²) in [6.45, 7) is 7.16. The second-order valence-electron chi connectivity index (χ2n) is 11.4. The maximum atomic E-state index is 12.9. The number of ether oxygens (including phenoxy) is 2. The van der Waals surface area contributed by atoms with E-state index in [-0.39, 0.29) is 29.6 Å². The molecule has 2 aliphatic rings. The van der Waals surface area contributed by atoms with E-state index in [2.05, 4.69) is 52.0 Å². The van der Waals surface area contributed by atoms with Gasteiger partial charge < -0.3 is 24.3 Å². The highest BCUT2D eigenvalue weighted by Gasteiger charge is 2.27. The second-order valence-corrected chi connectivity index (χ2v) is 13.2. The summed E-state index contributed by atoms with van der Waals surface area (Å²) < 4.78 is 13.9. The van der Waals surface area contributed by atoms with Crippen LogP contribution < -0.4 is 20.3 Å². The van der Waals surface area contributed by atoms with E-state index in [1.165, 1.54) is 31.0 Å². The number of carbonyl (C=O) groups is 1. The van der Waals surface area contributed by atoms with Gasteiger partial charge in [0.05, 0.1) is 6.33 Å². The predicted molar refractivity (Wildman–Crippen MR) is 149 cm³/mol. The van der Waals surface area contributed by atoms with Crippen molar-refractivity contribution < 1.29 is 14.3 Å². The summed E-state index contributed by atoms with van der Waals surface area (Å²) in [5.74, 6) is 2.02. The van der Waals surface area contributed by atoms with Gasteiger partial charge in [-0.1, -0.05) is 51.8 Å². The van der Waals surface area contributed by atoms with Crippen molar-refractivity contribution in [3.05, 3.63) is 28.4 Å². The molecular weight excluding hydrogens is 568 g/mol. The standard InChI is InChI=1S/C27H35BrN6O3S/c1-27(2,3)13-22(35)31-18(16-7-5-4-6-8-16)9-10-34-14-30-24(29)23-25(34)33-26(32-23)38-21-12-20-19(11-17(21)28)36-15-37-20/h11-12,14,16,18,29H,4-10,13,15H2,1-3H3,(H,31,35)(H,32,33). The van der Waals surface area contributed by atoms with Crippen LogP contribution in [0.15, 0.2) is 33.0 Å². The highest BCUT2D eigenvalue weighted by Crippen LogP contribution is 2.42. The van der Waals surface area contributed by atoms with Gasteiger partial charge in [0.25, 0.3) is 0 Å². The maximum Gasteiger partial charge on any atom is 0.231 e. The van der Waals surface area contributed by atoms with Gasteiger partial charge in [-0.05, 0) is 58.7 Å². The van der Waals surface area contributed by atoms with Crippen molar-refractivity contribution in [1.82, 2.24) is 24.8 Å². The van der Waals surface area contributed by atoms with E-state index < -0.39 is 0 Å². The number of H-pyrrole nitrogens is 1. The minimum absolute atomic E-state index is 0.0495. The van der Waals surface area contributed by atoms with Gasteiger partial charge >= 0.3 is 0 Å². The zero-order chi connectivity index (χ0) is 26.9. The molecule has 1 amide bonds. The van der Waals surface area contributed by atoms with Gasteiger partial charge in [0.1, 0.15) is 5.52 Å². The van der Waals surface area contributed by atoms with Crippen LogP contribution >= 0.6 is 27.7 Å². The zero-order valence-electron chi connectivity index (χ0n) is 22.1. The number of nitrogens with zero attached hydrogens (tertiary/aromatic N) is 3. The highest BCUT2D eigenvalue weighted by atomic mass is 79.9. The Morgan fingerprint density at radius 2 is 2.00 bits per heavy atom. The number of amides is 1. The van der Waals surface area contributed by atoms with Crippen LogP contribution in [-0.2, 0) is 11.3 Å². The number of imidazole rings is 1. The molecule has 1 aromatic carbocycles. The van der Waals surface area contributed by atoms with Gasteiger partial charge in [-0.25, -0.2) is 9.97 Å². The predicted octanol–water partition coefficient (Wildman–Crippen LogP) is 5.77. The molecule has 1 fully saturated rings. The fraction of sp³-hybridized carbons (Fsp3) is 0.556. The monoisotopic (exact) mass is 602 g/mol. The van der Waals surface area contributed by atoms with Crippen LogP contribution in [0.25, 0.3) is 11.2 Å². The molecule has 3 heterocycles. The first kappa shape index (κ1) is 27.1. The zero-order valence-corrected chi connectivity index (χ0v) is 24.5. The van der Waals surface area contributed by atoms with E-state index in [0.29, 0.717) is 46.7 Å². The first-order valence-corrected chi connectivity index (χ1v) is 14.8. The number of fused-ring (bicyclic) bond motifs is 2. The Labute approximate surface area is 235 Å². The molecule has 0 bridgehead atoms. The molecular formula is C27H35BrN6O3S. The molecule has 0 spiro atoms. The largest absolute Gasteiger partial charge is 0.454 e. The maximum absolute atomic E-state index is 12.9. The molecule has 1 atom stereocenters. The Morgan fingerprint density at radius 1 is 1.26 bits per heavy atom. The van der Waals surface area contributed by atoms with Gasteiger partial charge in [-0.2, -0.15) is 0 Å². The summed E-state index contributed by atoms with van der Waals surface area (Å²) in [6.07, 6.45) is 9.01. The van der Waals surface area contributed by atoms with Crippen LogP contribution in [-0.4, -0.2) is 38.3 Å². The molecule has 38 heavy (non-hydrogen) atoms. The molecule has 0 radical (unpaired) electrons. The Hall–Kier alpha value is -2.53. The van der Waals surface area contributed by atoms with Crippen LogP contribution in [0.4, 0.5) is 0 Å². The van der Waals surface area contributed by atoms with Crippen LogP contribution in [0.1, 0.15) is 65.7 Å². The molecule has 11 heteroatoms. The van der Waals surface area contributed by atoms with E-state index >= 15 is 0 Å². The highest BCUT2D eigenvalue weighted by molar-refractivity contribution is 9.10. The van der Waals surface area contributed by atoms with Gasteiger partial charge in [0.2, 0.25) is 12.7 Å². The Balaban J connectivity index is 1.35. The summed E-state index contributed by atoms with van der Waals surface area (Å²) >= 11 is 5.06. The average molecular weight is 604 g/mol. The molecule has 5 rings (SSSR count). The first-order valence-electron chi connectivity index (χ1n) is 13.2. The number of aromatic amines is 1. The van der Waals surface area contributed by atoms with Crippen molar-refractivity contribution in [2.75, 3.05) is 6.79 Å². The third kappa shape index (κ3) is 6.36. The summed E-state index contributed by atoms with van der Waals surface area (Å²) in [5, 5.41) is 12.4. The number of rotatable bonds is 8. The van der Waals surface area contributed by atoms with Crippen LogP contribution in [0, 0.1) is 16.7 Å². The molecule has 1 aliphatic heterocycles. The molecule has 9 nitrogen and oxygen atoms in total. The third-order valence-corrected chi connectivity index (χ3v) is 8.93. The van der Waals surface area contributed by atoms with E-state index in [9.17, 15) is 4.79 Å². The normalized spacial score (nSPS) is 16.6. The van der Waals surface area contributed by atoms with Crippen molar-refractivity contribution in [2.45, 2.75) is 88.4 Å². The SMILES string of the molecule is CC(C)(C)CC(=O)NC(CCn1cnc(=N)c2[nH]c(Sc3cc4c(cc3Br)OCO4)nc21)C1CCCCC1. The van der Waals surface area contributed by atoms with Crippen molar-refractivity contribution in [3.8, 4) is 11.5 Å². The molecule has 0 saturated heterocycles. The van der Waals surface area contributed by atoms with Gasteiger partial charge in [0, 0.05) is 28.4 Å². The number of nitrogens with one attached hydrogen (secondary N) is 3. The number of hydrogen-bond acceptors (Lipinski definition) is 7. The van der Waals surface area contributed by atoms with E-state index in [0.717, 1.165) is 28.6 Å². The van der Waals surface area contributed by atoms with Crippen LogP contribution in [0.2, 0.25) is 0 Å². The van der Waals surface area contributed by atoms with E-state index in [4.69, 9.17) is 19.9 Å². The number of hydrogen-bond donors (Lipinski definition) is 3. The Kier molecular flexibility index (Phi) is 8.04. The molecule has 1 saturated carbocycles. The summed E-state index contributed by atoms with van der Waals surface area (Å²) in [5.41, 5.74) is 1.39. The van der Waals surface area contributed by atoms with Crippen molar-refractivity contribution >= 4 is 44.8 Å². The van der Waals surface area contributed by atoms with Crippen LogP contribution in [0.3, 0.4) is 0 Å². The lowest BCUT2D eigenvalue weighted by atomic mass is 9.82. The third-order valence-electron chi connectivity index (χ3n) is 7.07. The fourth-order valence-corrected chi connectivity index (χ4v) is 6.62. The lowest BCUT2D eigenvalue weighted by Gasteiger charge is -2.32. The average Bonchev–Trinajstić information content (AvgIpc) is 3.50. The summed E-state index contributed by atoms with van der Waals surface area (Å²) in [4.78, 5) is 26.2. The number of aromatic nitrogens is 4. The Bertz CT molecular complexity index is 1380. The smallest absolute Gasteiger partial charge is 0.231 e. The first-order chi connectivity index (χ1) is 18.2. The summed E-state index contributed by atoms with van der Waals surface area (Å²) in [7, 11) is 0. The van der Waals surface area contributed by atoms with Gasteiger partial charge in [-0.3, -0.25) is 10.2 Å². The fourth-order valence-electron chi connectivity index (χ4n) is 5.24. The topological polar surface area (TPSA) is 118 Å². The molecule has 2 aromatic heterocycles. The number of halogens is 1. The van der Waals surface area contributed by atoms with Gasteiger partial charge in [-0.15, -0.1) is 0 Å². The molecule has 3 aromatic rings. The van der Waals surface area contributed by atoms with Crippen molar-refractivity contribution in [2.24, 2.45) is 11.3 Å². The van der Waals surface area contributed by atoms with Gasteiger partial charge in [0.15, 0.2) is 27.8 Å². The van der Waals surface area contributed by atoms with E-state index in [1.54, 1.807) is 6.33 Å². The number of benzene rings is 1. The van der Waals surface area contributed by atoms with Crippen molar-refractivity contribution in [1.29, 1.82) is 5.41 Å². The van der Waals surface area contributed by atoms with E-state index in [1.807, 2.05) is 16.7 Å². The van der Waals surface area contributed by atoms with Crippen LogP contribution in [0.5, 0.6) is 11.5 Å². The lowest BCUT2D eigenvalue weighted by Crippen LogP contribution is -2.42. The molecule has 204 valence electrons. The van der Waals surface area contributed by atoms with Crippen molar-refractivity contribution in [3.63, 3.8) is 0 Å². The minimum Gasteiger partial charge on any atom is -0.454 e. The molecule has 3 N–H and O–H groups in total. The minimum atomic E-state index is -0.0495. The summed E-state index contributed by atoms with van der Waals surface area (Å²) in [6, 6.07) is 3.93. The number of aryl methyl sites for hydroxylation is 1. The quantitative estimate of drug-likeness (QED) is 0.301. The molecule has 1 aliphatic carbocycles. The second kappa shape index (κ2) is 11.3. The molecule has 1 unspecified atom stereocenters. The lowest BCUT2D eigenvalue weighted by molar-refractivity contribution is -0.124.